The number of hydrogen-bond donors (Lipinski definition) is 2. The van der Waals surface area contributed by atoms with E-state index in [1.165, 1.54) is 0 Å². The summed E-state index contributed by atoms with van der Waals surface area (Å²) in [7, 11) is 0. The third-order valence-corrected chi connectivity index (χ3v) is 6.44. The fourth-order valence-corrected chi connectivity index (χ4v) is 4.84. The van der Waals surface area contributed by atoms with E-state index in [4.69, 9.17) is 14.2 Å². The molecule has 5 rings (SSSR count). The van der Waals surface area contributed by atoms with Crippen LogP contribution in [0.1, 0.15) is 44.1 Å². The second-order valence-corrected chi connectivity index (χ2v) is 9.58. The number of carbonyl (C=O) groups is 2. The summed E-state index contributed by atoms with van der Waals surface area (Å²) in [5, 5.41) is 5.66. The number of amides is 3. The van der Waals surface area contributed by atoms with Gasteiger partial charge < -0.3 is 24.4 Å². The van der Waals surface area contributed by atoms with Crippen LogP contribution in [0.25, 0.3) is 0 Å². The summed E-state index contributed by atoms with van der Waals surface area (Å²) in [6.07, 6.45) is 3.23. The lowest BCUT2D eigenvalue weighted by molar-refractivity contribution is -0.141. The van der Waals surface area contributed by atoms with Gasteiger partial charge in [-0.3, -0.25) is 15.0 Å². The van der Waals surface area contributed by atoms with Crippen LogP contribution < -0.4 is 25.2 Å². The average Bonchev–Trinajstić information content (AvgIpc) is 3.21. The van der Waals surface area contributed by atoms with E-state index in [1.807, 2.05) is 26.8 Å². The van der Waals surface area contributed by atoms with Crippen LogP contribution in [-0.4, -0.2) is 72.7 Å². The Kier molecular flexibility index (Phi) is 6.67. The van der Waals surface area contributed by atoms with E-state index in [1.54, 1.807) is 29.3 Å². The molecule has 2 fully saturated rings. The maximum Gasteiger partial charge on any atom is 0.329 e. The molecule has 2 aromatic heterocycles. The van der Waals surface area contributed by atoms with Gasteiger partial charge in [-0.2, -0.15) is 0 Å². The van der Waals surface area contributed by atoms with Gasteiger partial charge in [-0.05, 0) is 51.8 Å². The molecule has 3 amide bonds. The van der Waals surface area contributed by atoms with Crippen molar-refractivity contribution in [2.45, 2.75) is 51.5 Å². The first-order chi connectivity index (χ1) is 17.3. The third kappa shape index (κ3) is 5.07. The highest BCUT2D eigenvalue weighted by Gasteiger charge is 2.39. The maximum atomic E-state index is 13.5. The second kappa shape index (κ2) is 9.90. The van der Waals surface area contributed by atoms with Crippen molar-refractivity contribution in [1.29, 1.82) is 0 Å². The van der Waals surface area contributed by atoms with Crippen molar-refractivity contribution in [3.63, 3.8) is 0 Å². The summed E-state index contributed by atoms with van der Waals surface area (Å²) in [4.78, 5) is 38.7. The standard InChI is InChI=1S/C25H32N6O5/c1-4-26-23(32)19-7-8-20-22(28-19)31(16-6-5-11-30(20)13-16)24(33)29-21-12-17(9-10-27-21)34-14-18-15-35-25(2,3)36-18/h7-10,12,16,18H,4-6,11,13-15H2,1-3H3,(H,26,32)(H,27,29,33)/t16?,18-/m0/s1. The normalized spacial score (nSPS) is 22.1. The van der Waals surface area contributed by atoms with Gasteiger partial charge in [0.25, 0.3) is 5.91 Å². The number of rotatable bonds is 6. The first-order valence-corrected chi connectivity index (χ1v) is 12.4. The molecule has 2 saturated heterocycles. The Hall–Kier alpha value is -3.44. The van der Waals surface area contributed by atoms with E-state index in [2.05, 4.69) is 25.5 Å². The molecule has 1 unspecified atom stereocenters. The first kappa shape index (κ1) is 24.3. The number of anilines is 3. The highest BCUT2D eigenvalue weighted by Crippen LogP contribution is 2.38. The minimum atomic E-state index is -0.615. The minimum Gasteiger partial charge on any atom is -0.491 e. The molecular formula is C25H32N6O5. The van der Waals surface area contributed by atoms with Crippen molar-refractivity contribution in [2.75, 3.05) is 48.0 Å². The Labute approximate surface area is 210 Å². The van der Waals surface area contributed by atoms with Crippen LogP contribution in [0.3, 0.4) is 0 Å². The number of pyridine rings is 2. The van der Waals surface area contributed by atoms with Gasteiger partial charge >= 0.3 is 6.03 Å². The molecule has 36 heavy (non-hydrogen) atoms. The lowest BCUT2D eigenvalue weighted by Gasteiger charge is -2.45. The van der Waals surface area contributed by atoms with Gasteiger partial charge in [0.05, 0.1) is 18.3 Å². The Morgan fingerprint density at radius 2 is 2.14 bits per heavy atom. The Bertz CT molecular complexity index is 1140. The highest BCUT2D eigenvalue weighted by atomic mass is 16.7. The maximum absolute atomic E-state index is 13.5. The smallest absolute Gasteiger partial charge is 0.329 e. The monoisotopic (exact) mass is 496 g/mol. The first-order valence-electron chi connectivity index (χ1n) is 12.4. The molecule has 2 aromatic rings. The zero-order chi connectivity index (χ0) is 25.3. The number of carbonyl (C=O) groups excluding carboxylic acids is 2. The quantitative estimate of drug-likeness (QED) is 0.627. The molecule has 192 valence electrons. The lowest BCUT2D eigenvalue weighted by atomic mass is 10.00. The topological polar surface area (TPSA) is 118 Å². The number of piperidine rings is 1. The molecule has 0 aliphatic carbocycles. The van der Waals surface area contributed by atoms with Gasteiger partial charge in [0.15, 0.2) is 11.6 Å². The van der Waals surface area contributed by atoms with Crippen LogP contribution in [0.4, 0.5) is 22.1 Å². The number of ether oxygens (including phenoxy) is 3. The largest absolute Gasteiger partial charge is 0.491 e. The molecule has 2 bridgehead atoms. The van der Waals surface area contributed by atoms with E-state index < -0.39 is 5.79 Å². The van der Waals surface area contributed by atoms with Gasteiger partial charge in [-0.1, -0.05) is 0 Å². The van der Waals surface area contributed by atoms with Crippen molar-refractivity contribution >= 4 is 29.3 Å². The van der Waals surface area contributed by atoms with E-state index in [0.717, 1.165) is 31.6 Å². The number of nitrogens with one attached hydrogen (secondary N) is 2. The summed E-state index contributed by atoms with van der Waals surface area (Å²) in [6, 6.07) is 6.59. The minimum absolute atomic E-state index is 0.0504. The summed E-state index contributed by atoms with van der Waals surface area (Å²) in [5.74, 6) is 0.531. The number of urea groups is 1. The summed E-state index contributed by atoms with van der Waals surface area (Å²) in [6.45, 7) is 8.49. The fraction of sp³-hybridized carbons (Fsp3) is 0.520. The number of fused-ring (bicyclic) bond motifs is 4. The molecular weight excluding hydrogens is 464 g/mol. The number of hydrogen-bond acceptors (Lipinski definition) is 8. The highest BCUT2D eigenvalue weighted by molar-refractivity contribution is 6.04. The van der Waals surface area contributed by atoms with Crippen LogP contribution >= 0.6 is 0 Å². The second-order valence-electron chi connectivity index (χ2n) is 9.58. The number of aromatic nitrogens is 2. The van der Waals surface area contributed by atoms with Gasteiger partial charge in [0.1, 0.15) is 30.0 Å². The van der Waals surface area contributed by atoms with Gasteiger partial charge in [-0.15, -0.1) is 0 Å². The van der Waals surface area contributed by atoms with Crippen LogP contribution in [0, 0.1) is 0 Å². The third-order valence-electron chi connectivity index (χ3n) is 6.44. The molecule has 0 aromatic carbocycles. The van der Waals surface area contributed by atoms with Gasteiger partial charge in [0.2, 0.25) is 0 Å². The molecule has 2 N–H and O–H groups in total. The van der Waals surface area contributed by atoms with Crippen molar-refractivity contribution in [3.8, 4) is 5.75 Å². The number of nitrogens with zero attached hydrogens (tertiary/aromatic N) is 4. The zero-order valence-electron chi connectivity index (χ0n) is 20.8. The molecule has 0 radical (unpaired) electrons. The van der Waals surface area contributed by atoms with Crippen LogP contribution in [-0.2, 0) is 9.47 Å². The van der Waals surface area contributed by atoms with Crippen LogP contribution in [0.15, 0.2) is 30.5 Å². The zero-order valence-corrected chi connectivity index (χ0v) is 20.8. The predicted octanol–water partition coefficient (Wildman–Crippen LogP) is 2.78. The van der Waals surface area contributed by atoms with Crippen molar-refractivity contribution in [3.05, 3.63) is 36.2 Å². The Morgan fingerprint density at radius 1 is 1.28 bits per heavy atom. The van der Waals surface area contributed by atoms with E-state index in [0.29, 0.717) is 37.1 Å². The van der Waals surface area contributed by atoms with Crippen molar-refractivity contribution < 1.29 is 23.8 Å². The Morgan fingerprint density at radius 3 is 2.92 bits per heavy atom. The molecule has 3 aliphatic heterocycles. The van der Waals surface area contributed by atoms with Gasteiger partial charge in [0, 0.05) is 31.9 Å². The van der Waals surface area contributed by atoms with Crippen LogP contribution in [0.2, 0.25) is 0 Å². The molecule has 5 heterocycles. The summed E-state index contributed by atoms with van der Waals surface area (Å²) < 4.78 is 17.2. The molecule has 0 saturated carbocycles. The molecule has 3 aliphatic rings. The Balaban J connectivity index is 1.33. The molecule has 2 atom stereocenters. The molecule has 0 spiro atoms. The van der Waals surface area contributed by atoms with E-state index >= 15 is 0 Å². The van der Waals surface area contributed by atoms with Crippen molar-refractivity contribution in [1.82, 2.24) is 15.3 Å². The predicted molar refractivity (Wildman–Crippen MR) is 134 cm³/mol. The summed E-state index contributed by atoms with van der Waals surface area (Å²) in [5.41, 5.74) is 1.13. The molecule has 11 heteroatoms. The van der Waals surface area contributed by atoms with E-state index in [-0.39, 0.29) is 29.8 Å². The van der Waals surface area contributed by atoms with Crippen molar-refractivity contribution in [2.24, 2.45) is 0 Å². The fourth-order valence-electron chi connectivity index (χ4n) is 4.84. The SMILES string of the molecule is CCNC(=O)c1ccc2c(n1)N(C(=O)Nc1cc(OC[C@H]3COC(C)(C)O3)ccn1)C1CCCN2C1. The lowest BCUT2D eigenvalue weighted by Crippen LogP contribution is -2.56. The molecule has 11 nitrogen and oxygen atoms in total. The van der Waals surface area contributed by atoms with Crippen LogP contribution in [0.5, 0.6) is 5.75 Å². The average molecular weight is 497 g/mol. The van der Waals surface area contributed by atoms with E-state index in [9.17, 15) is 9.59 Å². The summed E-state index contributed by atoms with van der Waals surface area (Å²) >= 11 is 0. The van der Waals surface area contributed by atoms with Gasteiger partial charge in [-0.25, -0.2) is 14.8 Å².